The summed E-state index contributed by atoms with van der Waals surface area (Å²) in [6.45, 7) is 3.65. The molecule has 4 aromatic rings. The van der Waals surface area contributed by atoms with E-state index in [1.807, 2.05) is 0 Å². The van der Waals surface area contributed by atoms with Gasteiger partial charge in [-0.2, -0.15) is 0 Å². The van der Waals surface area contributed by atoms with E-state index in [0.717, 1.165) is 37.8 Å². The summed E-state index contributed by atoms with van der Waals surface area (Å²) in [5.41, 5.74) is 0.945. The van der Waals surface area contributed by atoms with Crippen molar-refractivity contribution in [3.05, 3.63) is 95.6 Å². The van der Waals surface area contributed by atoms with Gasteiger partial charge >= 0.3 is 0 Å². The summed E-state index contributed by atoms with van der Waals surface area (Å²) in [5, 5.41) is 11.1. The molecule has 1 aliphatic heterocycles. The van der Waals surface area contributed by atoms with E-state index in [1.165, 1.54) is 31.7 Å². The Labute approximate surface area is 215 Å². The third kappa shape index (κ3) is 5.65. The lowest BCUT2D eigenvalue weighted by Crippen LogP contribution is -2.29. The van der Waals surface area contributed by atoms with E-state index in [-0.39, 0.29) is 28.2 Å². The quantitative estimate of drug-likeness (QED) is 0.278. The monoisotopic (exact) mass is 501 g/mol. The van der Waals surface area contributed by atoms with Gasteiger partial charge in [0, 0.05) is 23.2 Å². The number of phenols is 1. The molecule has 4 nitrogen and oxygen atoms in total. The maximum atomic E-state index is 14.8. The van der Waals surface area contributed by atoms with E-state index in [1.54, 1.807) is 48.5 Å². The van der Waals surface area contributed by atoms with E-state index in [9.17, 15) is 18.7 Å². The van der Waals surface area contributed by atoms with Gasteiger partial charge < -0.3 is 9.84 Å². The molecule has 1 aliphatic rings. The first-order valence-corrected chi connectivity index (χ1v) is 12.7. The second-order valence-corrected chi connectivity index (χ2v) is 9.48. The number of carbonyl (C=O) groups excluding carboxylic acids is 1. The van der Waals surface area contributed by atoms with Crippen molar-refractivity contribution in [3.63, 3.8) is 0 Å². The van der Waals surface area contributed by atoms with Crippen molar-refractivity contribution < 1.29 is 23.4 Å². The molecule has 1 heterocycles. The van der Waals surface area contributed by atoms with Crippen LogP contribution in [0, 0.1) is 11.6 Å². The van der Waals surface area contributed by atoms with Crippen molar-refractivity contribution in [1.82, 2.24) is 4.90 Å². The summed E-state index contributed by atoms with van der Waals surface area (Å²) in [5.74, 6) is -0.821. The molecular weight excluding hydrogens is 472 g/mol. The minimum absolute atomic E-state index is 0.00629. The van der Waals surface area contributed by atoms with Gasteiger partial charge in [0.25, 0.3) is 0 Å². The van der Waals surface area contributed by atoms with Crippen molar-refractivity contribution in [2.45, 2.75) is 25.7 Å². The second-order valence-electron chi connectivity index (χ2n) is 9.48. The molecule has 0 saturated carbocycles. The lowest BCUT2D eigenvalue weighted by Gasteiger charge is -2.19. The average molecular weight is 502 g/mol. The highest BCUT2D eigenvalue weighted by molar-refractivity contribution is 6.20. The molecule has 0 unspecified atom stereocenters. The van der Waals surface area contributed by atoms with Crippen LogP contribution in [0.2, 0.25) is 0 Å². The Morgan fingerprint density at radius 3 is 2.35 bits per heavy atom. The molecule has 0 spiro atoms. The molecule has 0 bridgehead atoms. The molecule has 0 aliphatic carbocycles. The zero-order valence-electron chi connectivity index (χ0n) is 20.6. The fraction of sp³-hybridized carbons (Fsp3) is 0.258. The van der Waals surface area contributed by atoms with Gasteiger partial charge in [-0.25, -0.2) is 8.78 Å². The van der Waals surface area contributed by atoms with Crippen LogP contribution < -0.4 is 4.74 Å². The lowest BCUT2D eigenvalue weighted by molar-refractivity contribution is 0.104. The third-order valence-corrected chi connectivity index (χ3v) is 6.94. The number of nitrogens with zero attached hydrogens (tertiary/aromatic N) is 1. The molecule has 1 N–H and O–H groups in total. The number of ether oxygens (including phenoxy) is 1. The van der Waals surface area contributed by atoms with Crippen LogP contribution in [0.25, 0.3) is 21.9 Å². The Balaban J connectivity index is 1.43. The summed E-state index contributed by atoms with van der Waals surface area (Å²) < 4.78 is 34.7. The number of aromatic hydroxyl groups is 1. The maximum absolute atomic E-state index is 14.8. The Morgan fingerprint density at radius 1 is 0.838 bits per heavy atom. The number of hydrogen-bond acceptors (Lipinski definition) is 4. The molecule has 1 fully saturated rings. The zero-order chi connectivity index (χ0) is 25.8. The van der Waals surface area contributed by atoms with Crippen LogP contribution >= 0.6 is 0 Å². The minimum atomic E-state index is -0.623. The Morgan fingerprint density at radius 2 is 1.59 bits per heavy atom. The van der Waals surface area contributed by atoms with Gasteiger partial charge in [-0.15, -0.1) is 0 Å². The van der Waals surface area contributed by atoms with Crippen molar-refractivity contribution in [2.24, 2.45) is 0 Å². The van der Waals surface area contributed by atoms with Gasteiger partial charge in [-0.05, 0) is 103 Å². The normalized spacial score (nSPS) is 14.4. The van der Waals surface area contributed by atoms with E-state index in [2.05, 4.69) is 4.90 Å². The number of rotatable bonds is 7. The molecule has 5 rings (SSSR count). The number of likely N-dealkylation sites (tertiary alicyclic amines) is 1. The van der Waals surface area contributed by atoms with E-state index >= 15 is 0 Å². The van der Waals surface area contributed by atoms with Crippen molar-refractivity contribution in [1.29, 1.82) is 0 Å². The van der Waals surface area contributed by atoms with Crippen LogP contribution in [0.4, 0.5) is 8.78 Å². The molecule has 1 saturated heterocycles. The Bertz CT molecular complexity index is 1410. The van der Waals surface area contributed by atoms with Gasteiger partial charge in [0.15, 0.2) is 5.78 Å². The van der Waals surface area contributed by atoms with E-state index in [4.69, 9.17) is 4.74 Å². The molecule has 0 amide bonds. The topological polar surface area (TPSA) is 49.8 Å². The SMILES string of the molecule is O=C(c1ccc(OCCN2CCCCCC2)cc1)c1c(-c2cc(F)ccc2F)ccc2cc(O)ccc12. The van der Waals surface area contributed by atoms with Gasteiger partial charge in [0.1, 0.15) is 29.7 Å². The van der Waals surface area contributed by atoms with Crippen molar-refractivity contribution in [3.8, 4) is 22.6 Å². The van der Waals surface area contributed by atoms with Gasteiger partial charge in [-0.3, -0.25) is 9.69 Å². The molecule has 190 valence electrons. The number of ketones is 1. The number of halogens is 2. The number of fused-ring (bicyclic) bond motifs is 1. The largest absolute Gasteiger partial charge is 0.508 e. The first kappa shape index (κ1) is 24.9. The third-order valence-electron chi connectivity index (χ3n) is 6.94. The summed E-state index contributed by atoms with van der Waals surface area (Å²) in [6.07, 6.45) is 5.04. The first-order valence-electron chi connectivity index (χ1n) is 12.7. The predicted molar refractivity (Wildman–Crippen MR) is 141 cm³/mol. The van der Waals surface area contributed by atoms with Gasteiger partial charge in [-0.1, -0.05) is 25.0 Å². The van der Waals surface area contributed by atoms with E-state index in [0.29, 0.717) is 28.7 Å². The molecule has 6 heteroatoms. The summed E-state index contributed by atoms with van der Waals surface area (Å²) in [4.78, 5) is 16.2. The molecule has 37 heavy (non-hydrogen) atoms. The Kier molecular flexibility index (Phi) is 7.47. The van der Waals surface area contributed by atoms with Gasteiger partial charge in [0.05, 0.1) is 0 Å². The molecule has 0 radical (unpaired) electrons. The summed E-state index contributed by atoms with van der Waals surface area (Å²) in [6, 6.07) is 18.0. The van der Waals surface area contributed by atoms with Crippen molar-refractivity contribution in [2.75, 3.05) is 26.2 Å². The lowest BCUT2D eigenvalue weighted by atomic mass is 9.89. The predicted octanol–water partition coefficient (Wildman–Crippen LogP) is 6.98. The maximum Gasteiger partial charge on any atom is 0.194 e. The van der Waals surface area contributed by atoms with Crippen LogP contribution in [-0.2, 0) is 0 Å². The molecular formula is C31H29F2NO3. The van der Waals surface area contributed by atoms with Crippen LogP contribution in [-0.4, -0.2) is 42.0 Å². The second kappa shape index (κ2) is 11.1. The van der Waals surface area contributed by atoms with Crippen LogP contribution in [0.15, 0.2) is 72.8 Å². The molecule has 0 aromatic heterocycles. The average Bonchev–Trinajstić information content (AvgIpc) is 3.18. The number of hydrogen-bond donors (Lipinski definition) is 1. The number of benzene rings is 4. The fourth-order valence-corrected chi connectivity index (χ4v) is 4.99. The minimum Gasteiger partial charge on any atom is -0.508 e. The summed E-state index contributed by atoms with van der Waals surface area (Å²) in [7, 11) is 0. The number of carbonyl (C=O) groups is 1. The highest BCUT2D eigenvalue weighted by Gasteiger charge is 2.21. The van der Waals surface area contributed by atoms with Crippen LogP contribution in [0.1, 0.15) is 41.6 Å². The Hall–Kier alpha value is -3.77. The standard InChI is InChI=1S/C31H29F2NO3/c32-23-8-14-29(33)28(20-23)27-12-7-22-19-24(35)9-13-26(22)30(27)31(36)21-5-10-25(11-6-21)37-18-17-34-15-3-1-2-4-16-34/h5-14,19-20,35H,1-4,15-18H2. The van der Waals surface area contributed by atoms with Gasteiger partial charge in [0.2, 0.25) is 0 Å². The highest BCUT2D eigenvalue weighted by Crippen LogP contribution is 2.35. The first-order chi connectivity index (χ1) is 18.0. The van der Waals surface area contributed by atoms with E-state index < -0.39 is 11.6 Å². The smallest absolute Gasteiger partial charge is 0.194 e. The highest BCUT2D eigenvalue weighted by atomic mass is 19.1. The number of phenolic OH excluding ortho intramolecular Hbond substituents is 1. The van der Waals surface area contributed by atoms with Crippen molar-refractivity contribution >= 4 is 16.6 Å². The molecule has 4 aromatic carbocycles. The van der Waals surface area contributed by atoms with Crippen LogP contribution in [0.3, 0.4) is 0 Å². The zero-order valence-corrected chi connectivity index (χ0v) is 20.6. The van der Waals surface area contributed by atoms with Crippen LogP contribution in [0.5, 0.6) is 11.5 Å². The molecule has 0 atom stereocenters. The fourth-order valence-electron chi connectivity index (χ4n) is 4.99. The summed E-state index contributed by atoms with van der Waals surface area (Å²) >= 11 is 0.